The molecule has 3 atom stereocenters. The summed E-state index contributed by atoms with van der Waals surface area (Å²) in [6.45, 7) is 7.75. The smallest absolute Gasteiger partial charge is 0.407 e. The maximum Gasteiger partial charge on any atom is 0.407 e. The maximum atomic E-state index is 11.5. The number of benzene rings is 1. The Morgan fingerprint density at radius 3 is 2.62 bits per heavy atom. The number of thiazole rings is 1. The van der Waals surface area contributed by atoms with Crippen molar-refractivity contribution in [2.75, 3.05) is 13.1 Å². The van der Waals surface area contributed by atoms with Crippen LogP contribution < -0.4 is 0 Å². The van der Waals surface area contributed by atoms with Gasteiger partial charge in [0.15, 0.2) is 0 Å². The van der Waals surface area contributed by atoms with Gasteiger partial charge in [-0.3, -0.25) is 4.90 Å². The Morgan fingerprint density at radius 1 is 1.29 bits per heavy atom. The Kier molecular flexibility index (Phi) is 5.06. The number of fused-ring (bicyclic) bond motifs is 1. The van der Waals surface area contributed by atoms with Crippen molar-refractivity contribution in [2.24, 2.45) is 0 Å². The van der Waals surface area contributed by atoms with Gasteiger partial charge in [-0.05, 0) is 31.9 Å². The lowest BCUT2D eigenvalue weighted by molar-refractivity contribution is 0.00847. The van der Waals surface area contributed by atoms with Gasteiger partial charge in [0.25, 0.3) is 0 Å². The molecule has 1 fully saturated rings. The SMILES string of the molecule is CC[C@H]1CN(C(C)c2nc3ccccc3s2)[C@H](CC)CN1C(=O)O. The average molecular weight is 347 g/mol. The number of amides is 1. The molecule has 6 heteroatoms. The van der Waals surface area contributed by atoms with Crippen LogP contribution in [0.2, 0.25) is 0 Å². The van der Waals surface area contributed by atoms with Gasteiger partial charge in [-0.2, -0.15) is 0 Å². The molecule has 5 nitrogen and oxygen atoms in total. The first-order chi connectivity index (χ1) is 11.5. The molecule has 1 aromatic heterocycles. The summed E-state index contributed by atoms with van der Waals surface area (Å²) in [4.78, 5) is 20.4. The Bertz CT molecular complexity index is 684. The number of piperazine rings is 1. The highest BCUT2D eigenvalue weighted by atomic mass is 32.1. The van der Waals surface area contributed by atoms with Crippen molar-refractivity contribution in [1.29, 1.82) is 0 Å². The zero-order chi connectivity index (χ0) is 17.3. The molecule has 0 bridgehead atoms. The van der Waals surface area contributed by atoms with E-state index in [0.717, 1.165) is 29.9 Å². The van der Waals surface area contributed by atoms with Crippen molar-refractivity contribution in [3.63, 3.8) is 0 Å². The molecule has 1 aromatic carbocycles. The fraction of sp³-hybridized carbons (Fsp3) is 0.556. The summed E-state index contributed by atoms with van der Waals surface area (Å²) in [7, 11) is 0. The highest BCUT2D eigenvalue weighted by Crippen LogP contribution is 2.33. The van der Waals surface area contributed by atoms with E-state index in [1.165, 1.54) is 4.70 Å². The van der Waals surface area contributed by atoms with Gasteiger partial charge in [0.2, 0.25) is 0 Å². The summed E-state index contributed by atoms with van der Waals surface area (Å²) < 4.78 is 1.21. The standard InChI is InChI=1S/C18H25N3O2S/c1-4-13-11-21(18(22)23)14(5-2)10-20(13)12(3)17-19-15-8-6-7-9-16(15)24-17/h6-9,12-14H,4-5,10-11H2,1-3H3,(H,22,23)/t12?,13-,14+/m1/s1. The minimum atomic E-state index is -0.799. The minimum Gasteiger partial charge on any atom is -0.465 e. The van der Waals surface area contributed by atoms with E-state index < -0.39 is 6.09 Å². The van der Waals surface area contributed by atoms with E-state index in [1.807, 2.05) is 12.1 Å². The third kappa shape index (κ3) is 3.13. The predicted octanol–water partition coefficient (Wildman–Crippen LogP) is 4.21. The van der Waals surface area contributed by atoms with E-state index in [9.17, 15) is 9.90 Å². The summed E-state index contributed by atoms with van der Waals surface area (Å²) >= 11 is 1.74. The molecule has 0 saturated carbocycles. The normalized spacial score (nSPS) is 23.5. The molecule has 1 amide bonds. The van der Waals surface area contributed by atoms with E-state index in [0.29, 0.717) is 6.54 Å². The lowest BCUT2D eigenvalue weighted by Crippen LogP contribution is -2.59. The summed E-state index contributed by atoms with van der Waals surface area (Å²) in [5.74, 6) is 0. The zero-order valence-electron chi connectivity index (χ0n) is 14.5. The molecule has 1 N–H and O–H groups in total. The van der Waals surface area contributed by atoms with Crippen molar-refractivity contribution >= 4 is 27.6 Å². The molecule has 0 aliphatic carbocycles. The molecule has 2 heterocycles. The summed E-state index contributed by atoms with van der Waals surface area (Å²) in [5, 5.41) is 10.6. The van der Waals surface area contributed by atoms with Gasteiger partial charge in [0.05, 0.1) is 16.3 Å². The number of para-hydroxylation sites is 1. The molecule has 3 rings (SSSR count). The monoisotopic (exact) mass is 347 g/mol. The average Bonchev–Trinajstić information content (AvgIpc) is 3.03. The van der Waals surface area contributed by atoms with Crippen molar-refractivity contribution in [3.05, 3.63) is 29.3 Å². The number of nitrogens with zero attached hydrogens (tertiary/aromatic N) is 3. The number of hydrogen-bond donors (Lipinski definition) is 1. The number of aromatic nitrogens is 1. The quantitative estimate of drug-likeness (QED) is 0.900. The van der Waals surface area contributed by atoms with E-state index in [1.54, 1.807) is 16.2 Å². The fourth-order valence-corrected chi connectivity index (χ4v) is 4.64. The molecule has 1 aliphatic rings. The van der Waals surface area contributed by atoms with E-state index in [-0.39, 0.29) is 18.1 Å². The molecule has 1 saturated heterocycles. The van der Waals surface area contributed by atoms with E-state index in [2.05, 4.69) is 37.8 Å². The van der Waals surface area contributed by atoms with Gasteiger partial charge in [0, 0.05) is 25.2 Å². The van der Waals surface area contributed by atoms with Crippen molar-refractivity contribution in [1.82, 2.24) is 14.8 Å². The molecule has 0 spiro atoms. The molecule has 24 heavy (non-hydrogen) atoms. The lowest BCUT2D eigenvalue weighted by Gasteiger charge is -2.47. The largest absolute Gasteiger partial charge is 0.465 e. The van der Waals surface area contributed by atoms with Crippen LogP contribution in [0.15, 0.2) is 24.3 Å². The van der Waals surface area contributed by atoms with Crippen LogP contribution in [-0.4, -0.2) is 51.2 Å². The first kappa shape index (κ1) is 17.2. The van der Waals surface area contributed by atoms with Crippen molar-refractivity contribution in [3.8, 4) is 0 Å². The number of carbonyl (C=O) groups is 1. The third-order valence-corrected chi connectivity index (χ3v) is 6.30. The van der Waals surface area contributed by atoms with Crippen LogP contribution in [0.3, 0.4) is 0 Å². The summed E-state index contributed by atoms with van der Waals surface area (Å²) in [5.41, 5.74) is 1.05. The number of hydrogen-bond acceptors (Lipinski definition) is 4. The van der Waals surface area contributed by atoms with Gasteiger partial charge in [-0.15, -0.1) is 11.3 Å². The minimum absolute atomic E-state index is 0.0575. The van der Waals surface area contributed by atoms with Gasteiger partial charge >= 0.3 is 6.09 Å². The highest BCUT2D eigenvalue weighted by molar-refractivity contribution is 7.18. The zero-order valence-corrected chi connectivity index (χ0v) is 15.3. The van der Waals surface area contributed by atoms with Crippen LogP contribution in [0.4, 0.5) is 4.79 Å². The fourth-order valence-electron chi connectivity index (χ4n) is 3.60. The van der Waals surface area contributed by atoms with Gasteiger partial charge in [-0.25, -0.2) is 9.78 Å². The van der Waals surface area contributed by atoms with Crippen molar-refractivity contribution in [2.45, 2.75) is 51.7 Å². The van der Waals surface area contributed by atoms with Crippen LogP contribution in [0.5, 0.6) is 0 Å². The Labute approximate surface area is 146 Å². The van der Waals surface area contributed by atoms with Crippen LogP contribution in [0.1, 0.15) is 44.7 Å². The summed E-state index contributed by atoms with van der Waals surface area (Å²) in [6, 6.07) is 8.73. The second-order valence-electron chi connectivity index (χ2n) is 6.45. The summed E-state index contributed by atoms with van der Waals surface area (Å²) in [6.07, 6.45) is 0.980. The number of rotatable bonds is 4. The molecular formula is C18H25N3O2S. The molecule has 0 radical (unpaired) electrons. The molecule has 1 aliphatic heterocycles. The number of carboxylic acid groups (broad SMARTS) is 1. The van der Waals surface area contributed by atoms with Crippen LogP contribution >= 0.6 is 11.3 Å². The van der Waals surface area contributed by atoms with Gasteiger partial charge in [0.1, 0.15) is 5.01 Å². The van der Waals surface area contributed by atoms with Crippen LogP contribution in [-0.2, 0) is 0 Å². The maximum absolute atomic E-state index is 11.5. The topological polar surface area (TPSA) is 56.7 Å². The first-order valence-corrected chi connectivity index (χ1v) is 9.47. The van der Waals surface area contributed by atoms with Crippen LogP contribution in [0.25, 0.3) is 10.2 Å². The second kappa shape index (κ2) is 7.07. The Hall–Kier alpha value is -1.66. The van der Waals surface area contributed by atoms with E-state index >= 15 is 0 Å². The van der Waals surface area contributed by atoms with E-state index in [4.69, 9.17) is 4.98 Å². The molecule has 2 aromatic rings. The highest BCUT2D eigenvalue weighted by Gasteiger charge is 2.37. The Morgan fingerprint density at radius 2 is 2.00 bits per heavy atom. The van der Waals surface area contributed by atoms with Gasteiger partial charge in [-0.1, -0.05) is 26.0 Å². The lowest BCUT2D eigenvalue weighted by atomic mass is 10.0. The van der Waals surface area contributed by atoms with Crippen molar-refractivity contribution < 1.29 is 9.90 Å². The molecule has 130 valence electrons. The molecular weight excluding hydrogens is 322 g/mol. The third-order valence-electron chi connectivity index (χ3n) is 5.09. The van der Waals surface area contributed by atoms with Gasteiger partial charge < -0.3 is 10.0 Å². The van der Waals surface area contributed by atoms with Crippen LogP contribution in [0, 0.1) is 0 Å². The molecule has 1 unspecified atom stereocenters. The predicted molar refractivity (Wildman–Crippen MR) is 97.6 cm³/mol. The first-order valence-electron chi connectivity index (χ1n) is 8.65. The second-order valence-corrected chi connectivity index (χ2v) is 7.51. The Balaban J connectivity index is 1.86.